The van der Waals surface area contributed by atoms with Crippen molar-refractivity contribution in [2.24, 2.45) is 5.10 Å². The number of benzene rings is 3. The standard InChI is InChI=1S/C25H24ClN3O3/c1-18-4-2-5-20(14-18)17-32-23-10-8-19(9-11-23)16-27-29-25(31)13-12-24(30)28-22-7-3-6-21(26)15-22/h2-11,14-16H,12-13,17H2,1H3,(H,28,30)(H,29,31). The van der Waals surface area contributed by atoms with Gasteiger partial charge in [0.1, 0.15) is 12.4 Å². The number of hydrogen-bond acceptors (Lipinski definition) is 4. The molecule has 0 spiro atoms. The second-order valence-electron chi connectivity index (χ2n) is 7.20. The topological polar surface area (TPSA) is 79.8 Å². The molecule has 0 saturated carbocycles. The van der Waals surface area contributed by atoms with Gasteiger partial charge < -0.3 is 10.1 Å². The van der Waals surface area contributed by atoms with Crippen molar-refractivity contribution in [1.82, 2.24) is 5.43 Å². The summed E-state index contributed by atoms with van der Waals surface area (Å²) in [5, 5.41) is 7.16. The molecule has 0 aromatic heterocycles. The van der Waals surface area contributed by atoms with E-state index in [4.69, 9.17) is 16.3 Å². The van der Waals surface area contributed by atoms with Crippen LogP contribution in [0.25, 0.3) is 0 Å². The summed E-state index contributed by atoms with van der Waals surface area (Å²) < 4.78 is 5.79. The first kappa shape index (κ1) is 23.0. The van der Waals surface area contributed by atoms with Crippen LogP contribution in [0.15, 0.2) is 77.9 Å². The van der Waals surface area contributed by atoms with Crippen molar-refractivity contribution in [2.45, 2.75) is 26.4 Å². The molecule has 32 heavy (non-hydrogen) atoms. The molecule has 0 saturated heterocycles. The number of anilines is 1. The third-order valence-corrected chi connectivity index (χ3v) is 4.69. The van der Waals surface area contributed by atoms with E-state index in [1.165, 1.54) is 11.8 Å². The smallest absolute Gasteiger partial charge is 0.240 e. The summed E-state index contributed by atoms with van der Waals surface area (Å²) in [6, 6.07) is 22.4. The van der Waals surface area contributed by atoms with Gasteiger partial charge in [0.25, 0.3) is 0 Å². The van der Waals surface area contributed by atoms with Gasteiger partial charge >= 0.3 is 0 Å². The van der Waals surface area contributed by atoms with E-state index >= 15 is 0 Å². The summed E-state index contributed by atoms with van der Waals surface area (Å²) in [5.74, 6) is 0.131. The Balaban J connectivity index is 1.38. The van der Waals surface area contributed by atoms with Crippen LogP contribution in [0.2, 0.25) is 5.02 Å². The van der Waals surface area contributed by atoms with Crippen molar-refractivity contribution in [3.8, 4) is 5.75 Å². The molecule has 0 bridgehead atoms. The summed E-state index contributed by atoms with van der Waals surface area (Å²) >= 11 is 5.88. The van der Waals surface area contributed by atoms with E-state index in [2.05, 4.69) is 21.9 Å². The van der Waals surface area contributed by atoms with Gasteiger partial charge in [-0.15, -0.1) is 0 Å². The molecule has 2 amide bonds. The predicted molar refractivity (Wildman–Crippen MR) is 127 cm³/mol. The first-order valence-corrected chi connectivity index (χ1v) is 10.5. The minimum absolute atomic E-state index is 0.0233. The molecular formula is C25H24ClN3O3. The largest absolute Gasteiger partial charge is 0.489 e. The summed E-state index contributed by atoms with van der Waals surface area (Å²) in [7, 11) is 0. The molecule has 3 aromatic carbocycles. The highest BCUT2D eigenvalue weighted by molar-refractivity contribution is 6.30. The lowest BCUT2D eigenvalue weighted by Crippen LogP contribution is -2.20. The number of hydrazone groups is 1. The molecule has 6 nitrogen and oxygen atoms in total. The Morgan fingerprint density at radius 3 is 2.47 bits per heavy atom. The van der Waals surface area contributed by atoms with Gasteiger partial charge in [-0.2, -0.15) is 5.10 Å². The first-order chi connectivity index (χ1) is 15.5. The van der Waals surface area contributed by atoms with E-state index in [9.17, 15) is 9.59 Å². The number of nitrogens with one attached hydrogen (secondary N) is 2. The van der Waals surface area contributed by atoms with Gasteiger partial charge in [0, 0.05) is 23.6 Å². The van der Waals surface area contributed by atoms with Crippen molar-refractivity contribution in [2.75, 3.05) is 5.32 Å². The number of aryl methyl sites for hydroxylation is 1. The molecule has 0 unspecified atom stereocenters. The Bertz CT molecular complexity index is 1100. The van der Waals surface area contributed by atoms with Gasteiger partial charge in [0.05, 0.1) is 6.21 Å². The van der Waals surface area contributed by atoms with Crippen molar-refractivity contribution in [1.29, 1.82) is 0 Å². The second-order valence-corrected chi connectivity index (χ2v) is 7.63. The minimum Gasteiger partial charge on any atom is -0.489 e. The van der Waals surface area contributed by atoms with Crippen LogP contribution in [0.3, 0.4) is 0 Å². The van der Waals surface area contributed by atoms with Crippen LogP contribution in [0.4, 0.5) is 5.69 Å². The second kappa shape index (κ2) is 11.7. The number of hydrogen-bond donors (Lipinski definition) is 2. The van der Waals surface area contributed by atoms with E-state index in [0.717, 1.165) is 16.9 Å². The van der Waals surface area contributed by atoms with Gasteiger partial charge in [-0.25, -0.2) is 5.43 Å². The highest BCUT2D eigenvalue weighted by atomic mass is 35.5. The number of amides is 2. The molecule has 2 N–H and O–H groups in total. The van der Waals surface area contributed by atoms with Crippen LogP contribution >= 0.6 is 11.6 Å². The van der Waals surface area contributed by atoms with E-state index in [-0.39, 0.29) is 24.7 Å². The van der Waals surface area contributed by atoms with Crippen molar-refractivity contribution in [3.05, 3.63) is 94.5 Å². The third-order valence-electron chi connectivity index (χ3n) is 4.46. The highest BCUT2D eigenvalue weighted by Gasteiger charge is 2.07. The molecule has 164 valence electrons. The Morgan fingerprint density at radius 2 is 1.72 bits per heavy atom. The molecule has 0 aliphatic carbocycles. The SMILES string of the molecule is Cc1cccc(COc2ccc(C=NNC(=O)CCC(=O)Nc3cccc(Cl)c3)cc2)c1. The maximum absolute atomic E-state index is 11.9. The molecule has 3 aromatic rings. The molecule has 7 heteroatoms. The highest BCUT2D eigenvalue weighted by Crippen LogP contribution is 2.16. The summed E-state index contributed by atoms with van der Waals surface area (Å²) in [6.07, 6.45) is 1.60. The lowest BCUT2D eigenvalue weighted by Gasteiger charge is -2.07. The quantitative estimate of drug-likeness (QED) is 0.352. The minimum atomic E-state index is -0.347. The molecule has 3 rings (SSSR count). The van der Waals surface area contributed by atoms with Gasteiger partial charge in [-0.05, 0) is 60.5 Å². The molecule has 0 aliphatic heterocycles. The molecule has 0 atom stereocenters. The van der Waals surface area contributed by atoms with E-state index in [1.54, 1.807) is 24.3 Å². The zero-order chi connectivity index (χ0) is 22.8. The third kappa shape index (κ3) is 7.89. The number of rotatable bonds is 9. The number of nitrogens with zero attached hydrogens (tertiary/aromatic N) is 1. The summed E-state index contributed by atoms with van der Waals surface area (Å²) in [6.45, 7) is 2.54. The fourth-order valence-electron chi connectivity index (χ4n) is 2.87. The number of carbonyl (C=O) groups excluding carboxylic acids is 2. The van der Waals surface area contributed by atoms with Crippen molar-refractivity contribution >= 4 is 35.3 Å². The van der Waals surface area contributed by atoms with E-state index in [0.29, 0.717) is 17.3 Å². The van der Waals surface area contributed by atoms with Crippen LogP contribution in [0.1, 0.15) is 29.5 Å². The Labute approximate surface area is 192 Å². The number of carbonyl (C=O) groups is 2. The number of halogens is 1. The van der Waals surface area contributed by atoms with Gasteiger partial charge in [0.2, 0.25) is 11.8 Å². The first-order valence-electron chi connectivity index (χ1n) is 10.1. The predicted octanol–water partition coefficient (Wildman–Crippen LogP) is 5.10. The van der Waals surface area contributed by atoms with Crippen LogP contribution < -0.4 is 15.5 Å². The molecule has 0 aliphatic rings. The zero-order valence-electron chi connectivity index (χ0n) is 17.7. The Hall–Kier alpha value is -3.64. The normalized spacial score (nSPS) is 10.7. The fourth-order valence-corrected chi connectivity index (χ4v) is 3.06. The Kier molecular flexibility index (Phi) is 8.40. The van der Waals surface area contributed by atoms with Gasteiger partial charge in [0.15, 0.2) is 0 Å². The Morgan fingerprint density at radius 1 is 0.969 bits per heavy atom. The molecular weight excluding hydrogens is 426 g/mol. The average molecular weight is 450 g/mol. The average Bonchev–Trinajstić information content (AvgIpc) is 2.77. The zero-order valence-corrected chi connectivity index (χ0v) is 18.4. The maximum Gasteiger partial charge on any atom is 0.240 e. The fraction of sp³-hybridized carbons (Fsp3) is 0.160. The number of ether oxygens (including phenoxy) is 1. The van der Waals surface area contributed by atoms with Crippen LogP contribution in [0.5, 0.6) is 5.75 Å². The molecule has 0 radical (unpaired) electrons. The molecule has 0 heterocycles. The van der Waals surface area contributed by atoms with Gasteiger partial charge in [-0.3, -0.25) is 9.59 Å². The van der Waals surface area contributed by atoms with Crippen LogP contribution in [-0.2, 0) is 16.2 Å². The van der Waals surface area contributed by atoms with Crippen LogP contribution in [-0.4, -0.2) is 18.0 Å². The van der Waals surface area contributed by atoms with Crippen molar-refractivity contribution in [3.63, 3.8) is 0 Å². The summed E-state index contributed by atoms with van der Waals surface area (Å²) in [5.41, 5.74) is 6.13. The van der Waals surface area contributed by atoms with Gasteiger partial charge in [-0.1, -0.05) is 47.5 Å². The van der Waals surface area contributed by atoms with Crippen LogP contribution in [0, 0.1) is 6.92 Å². The molecule has 0 fully saturated rings. The van der Waals surface area contributed by atoms with Crippen molar-refractivity contribution < 1.29 is 14.3 Å². The lowest BCUT2D eigenvalue weighted by atomic mass is 10.1. The maximum atomic E-state index is 11.9. The summed E-state index contributed by atoms with van der Waals surface area (Å²) in [4.78, 5) is 23.8. The monoisotopic (exact) mass is 449 g/mol. The lowest BCUT2D eigenvalue weighted by molar-refractivity contribution is -0.124. The van der Waals surface area contributed by atoms with E-state index in [1.807, 2.05) is 49.4 Å². The van der Waals surface area contributed by atoms with E-state index < -0.39 is 0 Å².